The van der Waals surface area contributed by atoms with Gasteiger partial charge in [0.1, 0.15) is 17.4 Å². The Morgan fingerprint density at radius 2 is 1.68 bits per heavy atom. The highest BCUT2D eigenvalue weighted by Crippen LogP contribution is 2.53. The van der Waals surface area contributed by atoms with E-state index in [4.69, 9.17) is 4.74 Å². The van der Waals surface area contributed by atoms with Crippen LogP contribution in [0.25, 0.3) is 11.1 Å². The third-order valence-corrected chi connectivity index (χ3v) is 8.66. The van der Waals surface area contributed by atoms with Gasteiger partial charge in [-0.1, -0.05) is 27.6 Å². The minimum Gasteiger partial charge on any atom is -0.496 e. The standard InChI is InChI=1S/C31H24BrF5N2O5/c1-44-25-9-3-14(19-11-15(30(42)43)2-7-23(19)33)10-20(25)28(40)39-27-18-6-5-17(21(18)13-32)26(27)29(41)38-16-4-8-24(34)22(12-16)31(35,36)37/h2-4,7-13,17-18,26-27H,5-6H2,1H3,(H,38,41)(H,39,40)(H,42,43)/b21-13-/t17?,18?,26-,27+/m0/s1. The fourth-order valence-corrected chi connectivity index (χ4v) is 6.83. The molecule has 0 radical (unpaired) electrons. The molecular formula is C31H24BrF5N2O5. The Hall–Kier alpha value is -4.26. The Kier molecular flexibility index (Phi) is 8.52. The smallest absolute Gasteiger partial charge is 0.419 e. The number of alkyl halides is 3. The number of carboxylic acids is 1. The number of fused-ring (bicyclic) bond motifs is 2. The Morgan fingerprint density at radius 1 is 0.977 bits per heavy atom. The van der Waals surface area contributed by atoms with Gasteiger partial charge in [-0.25, -0.2) is 13.6 Å². The van der Waals surface area contributed by atoms with Gasteiger partial charge in [0.2, 0.25) is 5.91 Å². The van der Waals surface area contributed by atoms with E-state index >= 15 is 0 Å². The molecule has 2 aliphatic carbocycles. The van der Waals surface area contributed by atoms with E-state index in [1.807, 2.05) is 0 Å². The van der Waals surface area contributed by atoms with Crippen molar-refractivity contribution in [3.8, 4) is 16.9 Å². The second-order valence-electron chi connectivity index (χ2n) is 10.5. The first-order chi connectivity index (χ1) is 20.8. The van der Waals surface area contributed by atoms with Gasteiger partial charge in [0.05, 0.1) is 29.7 Å². The summed E-state index contributed by atoms with van der Waals surface area (Å²) in [6, 6.07) is 8.91. The van der Waals surface area contributed by atoms with E-state index in [2.05, 4.69) is 26.6 Å². The third kappa shape index (κ3) is 5.80. The van der Waals surface area contributed by atoms with Crippen molar-refractivity contribution in [3.05, 3.63) is 93.5 Å². The summed E-state index contributed by atoms with van der Waals surface area (Å²) in [5, 5.41) is 14.7. The van der Waals surface area contributed by atoms with E-state index in [0.717, 1.165) is 29.8 Å². The lowest BCUT2D eigenvalue weighted by atomic mass is 9.83. The highest BCUT2D eigenvalue weighted by atomic mass is 79.9. The van der Waals surface area contributed by atoms with Crippen LogP contribution in [0.1, 0.15) is 39.1 Å². The Bertz CT molecular complexity index is 1690. The largest absolute Gasteiger partial charge is 0.496 e. The number of halogens is 6. The molecule has 230 valence electrons. The van der Waals surface area contributed by atoms with Crippen LogP contribution in [0, 0.1) is 29.4 Å². The van der Waals surface area contributed by atoms with Crippen LogP contribution in [0.4, 0.5) is 27.6 Å². The lowest BCUT2D eigenvalue weighted by Gasteiger charge is -2.30. The highest BCUT2D eigenvalue weighted by Gasteiger charge is 2.54. The number of anilines is 1. The van der Waals surface area contributed by atoms with E-state index in [1.165, 1.54) is 25.3 Å². The maximum absolute atomic E-state index is 14.7. The zero-order valence-electron chi connectivity index (χ0n) is 22.8. The van der Waals surface area contributed by atoms with Crippen LogP contribution in [-0.2, 0) is 11.0 Å². The quantitative estimate of drug-likeness (QED) is 0.233. The first kappa shape index (κ1) is 31.2. The molecule has 0 aliphatic heterocycles. The molecule has 2 bridgehead atoms. The highest BCUT2D eigenvalue weighted by molar-refractivity contribution is 9.11. The molecule has 2 fully saturated rings. The fourth-order valence-electron chi connectivity index (χ4n) is 6.15. The number of benzene rings is 3. The van der Waals surface area contributed by atoms with Gasteiger partial charge in [0, 0.05) is 23.2 Å². The van der Waals surface area contributed by atoms with Crippen LogP contribution in [0.2, 0.25) is 0 Å². The van der Waals surface area contributed by atoms with Gasteiger partial charge in [0.25, 0.3) is 5.91 Å². The van der Waals surface area contributed by atoms with Crippen molar-refractivity contribution in [1.82, 2.24) is 5.32 Å². The second-order valence-corrected chi connectivity index (χ2v) is 11.0. The number of hydrogen-bond acceptors (Lipinski definition) is 4. The molecule has 5 rings (SSSR count). The van der Waals surface area contributed by atoms with Crippen molar-refractivity contribution >= 4 is 39.4 Å². The summed E-state index contributed by atoms with van der Waals surface area (Å²) in [6.07, 6.45) is -3.73. The Balaban J connectivity index is 1.46. The molecule has 0 aromatic heterocycles. The van der Waals surface area contributed by atoms with Crippen LogP contribution in [0.3, 0.4) is 0 Å². The minimum absolute atomic E-state index is 0.00946. The fraction of sp³-hybridized carbons (Fsp3) is 0.258. The van der Waals surface area contributed by atoms with Crippen molar-refractivity contribution in [3.63, 3.8) is 0 Å². The molecule has 44 heavy (non-hydrogen) atoms. The molecule has 2 saturated carbocycles. The molecular weight excluding hydrogens is 655 g/mol. The molecule has 2 amide bonds. The zero-order valence-corrected chi connectivity index (χ0v) is 24.4. The second kappa shape index (κ2) is 12.0. The van der Waals surface area contributed by atoms with Crippen molar-refractivity contribution in [2.75, 3.05) is 12.4 Å². The van der Waals surface area contributed by atoms with Gasteiger partial charge in [0.15, 0.2) is 0 Å². The van der Waals surface area contributed by atoms with Gasteiger partial charge in [-0.3, -0.25) is 9.59 Å². The number of ether oxygens (including phenoxy) is 1. The molecule has 7 nitrogen and oxygen atoms in total. The maximum Gasteiger partial charge on any atom is 0.419 e. The topological polar surface area (TPSA) is 105 Å². The van der Waals surface area contributed by atoms with Gasteiger partial charge < -0.3 is 20.5 Å². The number of carbonyl (C=O) groups excluding carboxylic acids is 2. The first-order valence-corrected chi connectivity index (χ1v) is 14.3. The van der Waals surface area contributed by atoms with Gasteiger partial charge in [-0.15, -0.1) is 0 Å². The molecule has 3 aromatic rings. The van der Waals surface area contributed by atoms with Gasteiger partial charge in [-0.05, 0) is 77.8 Å². The molecule has 0 spiro atoms. The van der Waals surface area contributed by atoms with Crippen LogP contribution in [0.5, 0.6) is 5.75 Å². The molecule has 3 N–H and O–H groups in total. The summed E-state index contributed by atoms with van der Waals surface area (Å²) < 4.78 is 73.7. The molecule has 13 heteroatoms. The SMILES string of the molecule is COc1ccc(-c2cc(C(=O)O)ccc2F)cc1C(=O)N[C@@H]1C2CCC(/C2=C/Br)[C@@H]1C(=O)Nc1ccc(F)c(C(F)(F)F)c1. The molecule has 2 unspecified atom stereocenters. The zero-order chi connectivity index (χ0) is 31.9. The van der Waals surface area contributed by atoms with Crippen LogP contribution >= 0.6 is 15.9 Å². The monoisotopic (exact) mass is 678 g/mol. The first-order valence-electron chi connectivity index (χ1n) is 13.3. The van der Waals surface area contributed by atoms with Crippen LogP contribution < -0.4 is 15.4 Å². The predicted octanol–water partition coefficient (Wildman–Crippen LogP) is 7.03. The van der Waals surface area contributed by atoms with Crippen molar-refractivity contribution in [1.29, 1.82) is 0 Å². The summed E-state index contributed by atoms with van der Waals surface area (Å²) in [5.41, 5.74) is -0.926. The van der Waals surface area contributed by atoms with Crippen molar-refractivity contribution in [2.24, 2.45) is 17.8 Å². The van der Waals surface area contributed by atoms with Crippen molar-refractivity contribution < 1.29 is 46.2 Å². The van der Waals surface area contributed by atoms with Crippen molar-refractivity contribution in [2.45, 2.75) is 25.1 Å². The molecule has 0 heterocycles. The summed E-state index contributed by atoms with van der Waals surface area (Å²) in [7, 11) is 1.33. The number of rotatable bonds is 7. The third-order valence-electron chi connectivity index (χ3n) is 8.13. The molecule has 2 aliphatic rings. The number of nitrogens with one attached hydrogen (secondary N) is 2. The van der Waals surface area contributed by atoms with Gasteiger partial charge in [-0.2, -0.15) is 13.2 Å². The van der Waals surface area contributed by atoms with Crippen LogP contribution in [0.15, 0.2) is 65.2 Å². The maximum atomic E-state index is 14.7. The molecule has 4 atom stereocenters. The lowest BCUT2D eigenvalue weighted by molar-refractivity contribution is -0.140. The number of methoxy groups -OCH3 is 1. The lowest BCUT2D eigenvalue weighted by Crippen LogP contribution is -2.48. The molecule has 3 aromatic carbocycles. The number of carboxylic acid groups (broad SMARTS) is 1. The van der Waals surface area contributed by atoms with E-state index in [9.17, 15) is 41.4 Å². The summed E-state index contributed by atoms with van der Waals surface area (Å²) >= 11 is 3.33. The number of amides is 2. The summed E-state index contributed by atoms with van der Waals surface area (Å²) in [6.45, 7) is 0. The Morgan fingerprint density at radius 3 is 2.34 bits per heavy atom. The van der Waals surface area contributed by atoms with E-state index in [1.54, 1.807) is 4.99 Å². The number of aromatic carboxylic acids is 1. The molecule has 0 saturated heterocycles. The van der Waals surface area contributed by atoms with E-state index < -0.39 is 53.1 Å². The number of hydrogen-bond donors (Lipinski definition) is 3. The summed E-state index contributed by atoms with van der Waals surface area (Å²) in [5.74, 6) is -6.10. The van der Waals surface area contributed by atoms with Gasteiger partial charge >= 0.3 is 12.1 Å². The van der Waals surface area contributed by atoms with E-state index in [-0.39, 0.29) is 45.5 Å². The predicted molar refractivity (Wildman–Crippen MR) is 153 cm³/mol. The number of carbonyl (C=O) groups is 3. The normalized spacial score (nSPS) is 21.8. The average Bonchev–Trinajstić information content (AvgIpc) is 3.52. The minimum atomic E-state index is -4.97. The average molecular weight is 679 g/mol. The Labute approximate surface area is 256 Å². The summed E-state index contributed by atoms with van der Waals surface area (Å²) in [4.78, 5) is 40.4. The van der Waals surface area contributed by atoms with Crippen LogP contribution in [-0.4, -0.2) is 36.0 Å². The van der Waals surface area contributed by atoms with E-state index in [0.29, 0.717) is 25.0 Å².